The van der Waals surface area contributed by atoms with E-state index in [1.54, 1.807) is 0 Å². The zero-order chi connectivity index (χ0) is 22.8. The van der Waals surface area contributed by atoms with Crippen molar-refractivity contribution in [3.63, 3.8) is 0 Å². The fraction of sp³-hybridized carbons (Fsp3) is 1.00. The van der Waals surface area contributed by atoms with Gasteiger partial charge < -0.3 is 29.9 Å². The summed E-state index contributed by atoms with van der Waals surface area (Å²) in [6.07, 6.45) is 7.83. The highest BCUT2D eigenvalue weighted by Gasteiger charge is 2.49. The lowest BCUT2D eigenvalue weighted by molar-refractivity contribution is -0.315. The fourth-order valence-electron chi connectivity index (χ4n) is 4.06. The van der Waals surface area contributed by atoms with Crippen LogP contribution in [0, 0.1) is 5.41 Å². The Morgan fingerprint density at radius 1 is 0.767 bits per heavy atom. The van der Waals surface area contributed by atoms with E-state index in [4.69, 9.17) is 9.47 Å². The van der Waals surface area contributed by atoms with E-state index >= 15 is 0 Å². The molecule has 6 heteroatoms. The average Bonchev–Trinajstić information content (AvgIpc) is 2.69. The summed E-state index contributed by atoms with van der Waals surface area (Å²) in [6, 6.07) is 0. The molecule has 0 spiro atoms. The van der Waals surface area contributed by atoms with Gasteiger partial charge in [0.05, 0.1) is 12.2 Å². The minimum Gasteiger partial charge on any atom is -0.394 e. The van der Waals surface area contributed by atoms with Gasteiger partial charge in [-0.05, 0) is 25.7 Å². The maximum atomic E-state index is 10.4. The number of ether oxygens (including phenoxy) is 2. The molecule has 0 aromatic carbocycles. The van der Waals surface area contributed by atoms with Gasteiger partial charge in [-0.1, -0.05) is 85.0 Å². The van der Waals surface area contributed by atoms with E-state index in [2.05, 4.69) is 20.8 Å². The summed E-state index contributed by atoms with van der Waals surface area (Å²) in [4.78, 5) is 0. The summed E-state index contributed by atoms with van der Waals surface area (Å²) in [5.41, 5.74) is -0.833. The molecule has 0 radical (unpaired) electrons. The lowest BCUT2D eigenvalue weighted by Crippen LogP contribution is -2.62. The molecular weight excluding hydrogens is 384 g/mol. The van der Waals surface area contributed by atoms with Crippen molar-refractivity contribution in [3.05, 3.63) is 0 Å². The number of unbranched alkanes of at least 4 members (excludes halogenated alkanes) is 9. The summed E-state index contributed by atoms with van der Waals surface area (Å²) < 4.78 is 11.2. The number of aliphatic hydroxyl groups excluding tert-OH is 4. The highest BCUT2D eigenvalue weighted by molar-refractivity contribution is 4.95. The van der Waals surface area contributed by atoms with Crippen LogP contribution in [0.5, 0.6) is 0 Å². The van der Waals surface area contributed by atoms with Gasteiger partial charge in [-0.25, -0.2) is 0 Å². The quantitative estimate of drug-likeness (QED) is 0.293. The van der Waals surface area contributed by atoms with Gasteiger partial charge in [0, 0.05) is 0 Å². The van der Waals surface area contributed by atoms with Crippen LogP contribution in [0.2, 0.25) is 0 Å². The fourth-order valence-corrected chi connectivity index (χ4v) is 4.06. The first-order chi connectivity index (χ1) is 14.1. The number of hydrogen-bond donors (Lipinski definition) is 4. The third-order valence-corrected chi connectivity index (χ3v) is 7.06. The highest BCUT2D eigenvalue weighted by Crippen LogP contribution is 2.41. The molecule has 1 aliphatic heterocycles. The molecule has 4 N–H and O–H groups in total. The Hall–Kier alpha value is -0.240. The first-order valence-electron chi connectivity index (χ1n) is 12.1. The monoisotopic (exact) mass is 432 g/mol. The van der Waals surface area contributed by atoms with E-state index in [1.807, 2.05) is 13.8 Å². The Labute approximate surface area is 184 Å². The molecule has 30 heavy (non-hydrogen) atoms. The molecule has 0 aromatic rings. The lowest BCUT2D eigenvalue weighted by Gasteiger charge is -2.48. The van der Waals surface area contributed by atoms with E-state index in [0.717, 1.165) is 12.8 Å². The topological polar surface area (TPSA) is 99.4 Å². The maximum absolute atomic E-state index is 10.4. The minimum atomic E-state index is -1.49. The highest BCUT2D eigenvalue weighted by atomic mass is 16.6. The Kier molecular flexibility index (Phi) is 12.4. The average molecular weight is 433 g/mol. The molecule has 6 nitrogen and oxygen atoms in total. The Morgan fingerprint density at radius 2 is 1.27 bits per heavy atom. The van der Waals surface area contributed by atoms with E-state index < -0.39 is 42.9 Å². The van der Waals surface area contributed by atoms with Gasteiger partial charge in [-0.3, -0.25) is 0 Å². The minimum absolute atomic E-state index is 0.190. The molecule has 1 fully saturated rings. The first kappa shape index (κ1) is 27.8. The van der Waals surface area contributed by atoms with Crippen LogP contribution in [0.4, 0.5) is 0 Å². The van der Waals surface area contributed by atoms with Crippen LogP contribution in [-0.2, 0) is 9.47 Å². The maximum Gasteiger partial charge on any atom is 0.184 e. The van der Waals surface area contributed by atoms with E-state index in [0.29, 0.717) is 0 Å². The zero-order valence-corrected chi connectivity index (χ0v) is 20.0. The summed E-state index contributed by atoms with van der Waals surface area (Å²) in [5, 5.41) is 40.0. The molecule has 0 saturated carbocycles. The molecule has 0 aromatic heterocycles. The predicted molar refractivity (Wildman–Crippen MR) is 119 cm³/mol. The van der Waals surface area contributed by atoms with Gasteiger partial charge >= 0.3 is 0 Å². The van der Waals surface area contributed by atoms with Crippen molar-refractivity contribution in [2.45, 2.75) is 142 Å². The summed E-state index contributed by atoms with van der Waals surface area (Å²) in [7, 11) is 0. The van der Waals surface area contributed by atoms with Gasteiger partial charge in [0.1, 0.15) is 24.4 Å². The third kappa shape index (κ3) is 8.36. The first-order valence-corrected chi connectivity index (χ1v) is 12.1. The van der Waals surface area contributed by atoms with Crippen LogP contribution in [0.1, 0.15) is 105 Å². The predicted octanol–water partition coefficient (Wildman–Crippen LogP) is 3.92. The Morgan fingerprint density at radius 3 is 1.77 bits per heavy atom. The largest absolute Gasteiger partial charge is 0.394 e. The van der Waals surface area contributed by atoms with Crippen molar-refractivity contribution in [1.82, 2.24) is 0 Å². The smallest absolute Gasteiger partial charge is 0.184 e. The number of aliphatic hydroxyl groups is 4. The molecule has 1 unspecified atom stereocenters. The molecule has 0 amide bonds. The molecule has 0 bridgehead atoms. The second kappa shape index (κ2) is 13.3. The van der Waals surface area contributed by atoms with Crippen LogP contribution < -0.4 is 0 Å². The van der Waals surface area contributed by atoms with E-state index in [-0.39, 0.29) is 5.41 Å². The molecule has 0 aliphatic carbocycles. The molecule has 1 heterocycles. The van der Waals surface area contributed by atoms with Crippen LogP contribution in [0.3, 0.4) is 0 Å². The van der Waals surface area contributed by atoms with Crippen molar-refractivity contribution < 1.29 is 29.9 Å². The van der Waals surface area contributed by atoms with Crippen LogP contribution in [0.25, 0.3) is 0 Å². The SMILES string of the molecule is CCCCCCCCCCCCC(C)(C)C(C)(C)O[C@H]1[C@H](O)[C@@H](CO)OC(O)[C@@H]1O. The number of rotatable bonds is 15. The second-order valence-electron chi connectivity index (χ2n) is 10.1. The molecule has 5 atom stereocenters. The zero-order valence-electron chi connectivity index (χ0n) is 20.0. The van der Waals surface area contributed by atoms with Gasteiger partial charge in [-0.15, -0.1) is 0 Å². The summed E-state index contributed by atoms with van der Waals surface area (Å²) in [5.74, 6) is 0. The number of hydrogen-bond acceptors (Lipinski definition) is 6. The molecule has 1 aliphatic rings. The Bertz CT molecular complexity index is 453. The van der Waals surface area contributed by atoms with Gasteiger partial charge in [-0.2, -0.15) is 0 Å². The van der Waals surface area contributed by atoms with Crippen LogP contribution in [0.15, 0.2) is 0 Å². The van der Waals surface area contributed by atoms with Crippen molar-refractivity contribution >= 4 is 0 Å². The summed E-state index contributed by atoms with van der Waals surface area (Å²) in [6.45, 7) is 9.98. The molecular formula is C24H48O6. The van der Waals surface area contributed by atoms with Crippen LogP contribution in [-0.4, -0.2) is 63.3 Å². The van der Waals surface area contributed by atoms with E-state index in [9.17, 15) is 20.4 Å². The molecule has 1 rings (SSSR count). The third-order valence-electron chi connectivity index (χ3n) is 7.06. The summed E-state index contributed by atoms with van der Waals surface area (Å²) >= 11 is 0. The van der Waals surface area contributed by atoms with Crippen molar-refractivity contribution in [2.75, 3.05) is 6.61 Å². The van der Waals surface area contributed by atoms with E-state index in [1.165, 1.54) is 57.8 Å². The lowest BCUT2D eigenvalue weighted by atomic mass is 9.73. The van der Waals surface area contributed by atoms with Crippen molar-refractivity contribution in [1.29, 1.82) is 0 Å². The van der Waals surface area contributed by atoms with Crippen molar-refractivity contribution in [2.24, 2.45) is 5.41 Å². The van der Waals surface area contributed by atoms with Crippen molar-refractivity contribution in [3.8, 4) is 0 Å². The molecule has 180 valence electrons. The normalized spacial score (nSPS) is 28.1. The Balaban J connectivity index is 2.42. The van der Waals surface area contributed by atoms with Gasteiger partial charge in [0.25, 0.3) is 0 Å². The standard InChI is InChI=1S/C24H48O6/c1-6-7-8-9-10-11-12-13-14-15-16-23(2,3)24(4,5)30-21-19(26)18(17-25)29-22(28)20(21)27/h18-22,25-28H,6-17H2,1-5H3/t18-,19-,20-,21+,22?/m1/s1. The molecule has 1 saturated heterocycles. The van der Waals surface area contributed by atoms with Crippen LogP contribution >= 0.6 is 0 Å². The second-order valence-corrected chi connectivity index (χ2v) is 10.1. The van der Waals surface area contributed by atoms with Gasteiger partial charge in [0.15, 0.2) is 6.29 Å². The van der Waals surface area contributed by atoms with Gasteiger partial charge in [0.2, 0.25) is 0 Å².